The van der Waals surface area contributed by atoms with E-state index in [1.54, 1.807) is 0 Å². The lowest BCUT2D eigenvalue weighted by atomic mass is 9.83. The molecule has 0 aromatic carbocycles. The van der Waals surface area contributed by atoms with Crippen LogP contribution >= 0.6 is 0 Å². The van der Waals surface area contributed by atoms with E-state index in [-0.39, 0.29) is 0 Å². The van der Waals surface area contributed by atoms with Crippen LogP contribution in [-0.4, -0.2) is 11.7 Å². The van der Waals surface area contributed by atoms with Gasteiger partial charge in [0.25, 0.3) is 0 Å². The third-order valence-electron chi connectivity index (χ3n) is 5.76. The number of hydrogen-bond acceptors (Lipinski definition) is 1. The fourth-order valence-electron chi connectivity index (χ4n) is 3.78. The van der Waals surface area contributed by atoms with Gasteiger partial charge in [0.2, 0.25) is 0 Å². The normalized spacial score (nSPS) is 27.4. The summed E-state index contributed by atoms with van der Waals surface area (Å²) in [6, 6.07) is 0. The molecule has 0 aromatic heterocycles. The minimum atomic E-state index is 0.322. The molecule has 1 rings (SSSR count). The maximum atomic E-state index is 9.77. The minimum Gasteiger partial charge on any atom is -0.396 e. The van der Waals surface area contributed by atoms with Crippen molar-refractivity contribution < 1.29 is 5.11 Å². The van der Waals surface area contributed by atoms with E-state index in [1.165, 1.54) is 48.0 Å². The predicted octanol–water partition coefficient (Wildman–Crippen LogP) is 7.54. The van der Waals surface area contributed by atoms with Crippen LogP contribution in [0.15, 0.2) is 47.1 Å². The molecule has 0 amide bonds. The predicted molar refractivity (Wildman–Crippen MR) is 116 cm³/mol. The van der Waals surface area contributed by atoms with E-state index in [2.05, 4.69) is 52.5 Å². The van der Waals surface area contributed by atoms with Crippen molar-refractivity contribution in [1.82, 2.24) is 0 Å². The topological polar surface area (TPSA) is 20.2 Å². The highest BCUT2D eigenvalue weighted by Gasteiger charge is 2.16. The van der Waals surface area contributed by atoms with Crippen LogP contribution in [0.1, 0.15) is 91.9 Å². The van der Waals surface area contributed by atoms with Gasteiger partial charge >= 0.3 is 0 Å². The number of hydrogen-bond donors (Lipinski definition) is 1. The summed E-state index contributed by atoms with van der Waals surface area (Å²) in [7, 11) is 0. The minimum absolute atomic E-state index is 0.322. The Balaban J connectivity index is 2.75. The first-order valence-corrected chi connectivity index (χ1v) is 10.7. The molecule has 0 bridgehead atoms. The number of allylic oxidation sites excluding steroid dienone is 7. The van der Waals surface area contributed by atoms with Gasteiger partial charge in [-0.05, 0) is 104 Å². The van der Waals surface area contributed by atoms with E-state index in [4.69, 9.17) is 0 Å². The van der Waals surface area contributed by atoms with Gasteiger partial charge in [-0.3, -0.25) is 0 Å². The van der Waals surface area contributed by atoms with E-state index < -0.39 is 0 Å². The van der Waals surface area contributed by atoms with Crippen LogP contribution in [0.25, 0.3) is 0 Å². The molecule has 0 aliphatic heterocycles. The Morgan fingerprint density at radius 1 is 1.04 bits per heavy atom. The highest BCUT2D eigenvalue weighted by atomic mass is 16.3. The van der Waals surface area contributed by atoms with Crippen molar-refractivity contribution >= 4 is 0 Å². The summed E-state index contributed by atoms with van der Waals surface area (Å²) in [6.45, 7) is 13.6. The van der Waals surface area contributed by atoms with Crippen LogP contribution in [0.4, 0.5) is 0 Å². The Morgan fingerprint density at radius 3 is 2.42 bits per heavy atom. The monoisotopic (exact) mass is 358 g/mol. The van der Waals surface area contributed by atoms with Gasteiger partial charge in [0.15, 0.2) is 0 Å². The van der Waals surface area contributed by atoms with Gasteiger partial charge in [-0.1, -0.05) is 47.1 Å². The molecule has 0 heterocycles. The van der Waals surface area contributed by atoms with Crippen molar-refractivity contribution in [2.45, 2.75) is 91.9 Å². The summed E-state index contributed by atoms with van der Waals surface area (Å²) >= 11 is 0. The third-order valence-corrected chi connectivity index (χ3v) is 5.76. The van der Waals surface area contributed by atoms with Crippen LogP contribution in [0, 0.1) is 11.8 Å². The Labute approximate surface area is 163 Å². The summed E-state index contributed by atoms with van der Waals surface area (Å²) in [4.78, 5) is 0. The van der Waals surface area contributed by atoms with Crippen LogP contribution < -0.4 is 0 Å². The molecule has 26 heavy (non-hydrogen) atoms. The zero-order valence-corrected chi connectivity index (χ0v) is 17.8. The van der Waals surface area contributed by atoms with Gasteiger partial charge in [0, 0.05) is 6.61 Å². The summed E-state index contributed by atoms with van der Waals surface area (Å²) < 4.78 is 0. The second kappa shape index (κ2) is 13.1. The van der Waals surface area contributed by atoms with Crippen molar-refractivity contribution in [3.63, 3.8) is 0 Å². The summed E-state index contributed by atoms with van der Waals surface area (Å²) in [5, 5.41) is 9.77. The second-order valence-electron chi connectivity index (χ2n) is 8.56. The molecule has 148 valence electrons. The Bertz CT molecular complexity index is 502. The van der Waals surface area contributed by atoms with E-state index >= 15 is 0 Å². The van der Waals surface area contributed by atoms with Crippen LogP contribution in [0.5, 0.6) is 0 Å². The van der Waals surface area contributed by atoms with Crippen molar-refractivity contribution in [3.8, 4) is 0 Å². The Morgan fingerprint density at radius 2 is 1.73 bits per heavy atom. The van der Waals surface area contributed by atoms with E-state index in [0.29, 0.717) is 18.4 Å². The summed E-state index contributed by atoms with van der Waals surface area (Å²) in [5.74, 6) is 1.03. The van der Waals surface area contributed by atoms with Crippen molar-refractivity contribution in [3.05, 3.63) is 47.1 Å². The van der Waals surface area contributed by atoms with Gasteiger partial charge < -0.3 is 5.11 Å². The quantitative estimate of drug-likeness (QED) is 0.503. The fourth-order valence-corrected chi connectivity index (χ4v) is 3.78. The maximum absolute atomic E-state index is 9.77. The molecule has 1 N–H and O–H groups in total. The summed E-state index contributed by atoms with van der Waals surface area (Å²) in [5.41, 5.74) is 5.82. The molecule has 1 heteroatoms. The Hall–Kier alpha value is -1.08. The molecular weight excluding hydrogens is 316 g/mol. The lowest BCUT2D eigenvalue weighted by Crippen LogP contribution is -2.11. The second-order valence-corrected chi connectivity index (χ2v) is 8.56. The molecule has 2 atom stereocenters. The van der Waals surface area contributed by atoms with E-state index in [1.807, 2.05) is 0 Å². The molecule has 0 spiro atoms. The highest BCUT2D eigenvalue weighted by molar-refractivity contribution is 5.08. The first kappa shape index (κ1) is 23.0. The van der Waals surface area contributed by atoms with Crippen LogP contribution in [-0.2, 0) is 0 Å². The SMILES string of the molecule is C=C(CCC=C(C)C)[C@@H]1CC/C(C)=C/CC/C(C)=C\CC[C@H](CO)CC1. The van der Waals surface area contributed by atoms with Crippen molar-refractivity contribution in [2.75, 3.05) is 6.61 Å². The van der Waals surface area contributed by atoms with E-state index in [9.17, 15) is 5.11 Å². The van der Waals surface area contributed by atoms with Crippen molar-refractivity contribution in [1.29, 1.82) is 0 Å². The Kier molecular flexibility index (Phi) is 11.6. The van der Waals surface area contributed by atoms with Gasteiger partial charge in [0.1, 0.15) is 0 Å². The molecule has 0 unspecified atom stereocenters. The lowest BCUT2D eigenvalue weighted by molar-refractivity contribution is 0.204. The smallest absolute Gasteiger partial charge is 0.0459 e. The zero-order chi connectivity index (χ0) is 19.4. The van der Waals surface area contributed by atoms with Gasteiger partial charge in [-0.2, -0.15) is 0 Å². The molecular formula is C25H42O. The number of aliphatic hydroxyl groups excluding tert-OH is 1. The standard InChI is InChI=1S/C25H42O/c1-20(2)9-6-13-23(5)25-17-15-22(4)11-7-10-21(3)12-8-14-24(19-26)16-18-25/h9,11-12,24-26H,5-8,10,13-19H2,1-4H3/b21-12-,22-11+/t24-,25+/m0/s1. The van der Waals surface area contributed by atoms with Gasteiger partial charge in [-0.15, -0.1) is 0 Å². The highest BCUT2D eigenvalue weighted by Crippen LogP contribution is 2.30. The van der Waals surface area contributed by atoms with Gasteiger partial charge in [-0.25, -0.2) is 0 Å². The van der Waals surface area contributed by atoms with Gasteiger partial charge in [0.05, 0.1) is 0 Å². The van der Waals surface area contributed by atoms with E-state index in [0.717, 1.165) is 38.5 Å². The molecule has 1 aliphatic carbocycles. The fraction of sp³-hybridized carbons (Fsp3) is 0.680. The molecule has 0 aromatic rings. The number of rotatable bonds is 5. The van der Waals surface area contributed by atoms with Crippen molar-refractivity contribution in [2.24, 2.45) is 11.8 Å². The largest absolute Gasteiger partial charge is 0.396 e. The van der Waals surface area contributed by atoms with Crippen LogP contribution in [0.3, 0.4) is 0 Å². The van der Waals surface area contributed by atoms with Crippen LogP contribution in [0.2, 0.25) is 0 Å². The zero-order valence-electron chi connectivity index (χ0n) is 17.8. The summed E-state index contributed by atoms with van der Waals surface area (Å²) in [6.07, 6.45) is 18.6. The third kappa shape index (κ3) is 10.2. The molecule has 0 saturated heterocycles. The molecule has 1 nitrogen and oxygen atoms in total. The maximum Gasteiger partial charge on any atom is 0.0459 e. The average molecular weight is 359 g/mol. The molecule has 0 saturated carbocycles. The average Bonchev–Trinajstić information content (AvgIpc) is 2.59. The lowest BCUT2D eigenvalue weighted by Gasteiger charge is -2.23. The molecule has 1 aliphatic rings. The first-order chi connectivity index (χ1) is 12.4. The molecule has 0 fully saturated rings. The first-order valence-electron chi connectivity index (χ1n) is 10.7. The molecule has 0 radical (unpaired) electrons. The number of aliphatic hydroxyl groups is 1.